The molecule has 3 aromatic rings. The van der Waals surface area contributed by atoms with Crippen molar-refractivity contribution in [1.29, 1.82) is 0 Å². The first kappa shape index (κ1) is 22.0. The first-order valence-electron chi connectivity index (χ1n) is 8.97. The van der Waals surface area contributed by atoms with Crippen LogP contribution in [0.2, 0.25) is 0 Å². The van der Waals surface area contributed by atoms with Crippen LogP contribution in [0.3, 0.4) is 0 Å². The van der Waals surface area contributed by atoms with Crippen LogP contribution in [-0.2, 0) is 0 Å². The maximum atomic E-state index is 14.2. The lowest BCUT2D eigenvalue weighted by molar-refractivity contribution is 0.251. The number of urea groups is 1. The van der Waals surface area contributed by atoms with Crippen molar-refractivity contribution in [1.82, 2.24) is 20.4 Å². The molecular weight excluding hydrogens is 432 g/mol. The molecule has 13 heteroatoms. The van der Waals surface area contributed by atoms with Crippen molar-refractivity contribution < 1.29 is 23.2 Å². The van der Waals surface area contributed by atoms with E-state index in [9.17, 15) is 13.6 Å². The Kier molecular flexibility index (Phi) is 6.65. The summed E-state index contributed by atoms with van der Waals surface area (Å²) in [6, 6.07) is 1.43. The average Bonchev–Trinajstić information content (AvgIpc) is 3.32. The number of nitrogen functional groups attached to an aromatic ring is 1. The van der Waals surface area contributed by atoms with Gasteiger partial charge in [-0.3, -0.25) is 5.32 Å². The molecule has 0 fully saturated rings. The molecule has 0 aliphatic rings. The number of rotatable bonds is 8. The zero-order valence-electron chi connectivity index (χ0n) is 16.3. The second-order valence-corrected chi connectivity index (χ2v) is 7.27. The summed E-state index contributed by atoms with van der Waals surface area (Å²) < 4.78 is 33.0. The molecular formula is C18H19F2N7O3S. The van der Waals surface area contributed by atoms with Crippen LogP contribution >= 0.6 is 11.3 Å². The number of anilines is 3. The number of halogens is 2. The minimum absolute atomic E-state index is 0.0302. The predicted molar refractivity (Wildman–Crippen MR) is 113 cm³/mol. The van der Waals surface area contributed by atoms with Crippen molar-refractivity contribution in [3.05, 3.63) is 36.1 Å². The summed E-state index contributed by atoms with van der Waals surface area (Å²) in [4.78, 5) is 20.3. The number of hydrogen-bond acceptors (Lipinski definition) is 9. The number of carbonyl (C=O) groups excluding carboxylic acids is 1. The zero-order valence-corrected chi connectivity index (χ0v) is 17.1. The number of thiazole rings is 1. The Labute approximate surface area is 179 Å². The lowest BCUT2D eigenvalue weighted by Gasteiger charge is -2.04. The summed E-state index contributed by atoms with van der Waals surface area (Å²) in [6.45, 7) is 3.69. The molecule has 6 N–H and O–H groups in total. The van der Waals surface area contributed by atoms with Gasteiger partial charge >= 0.3 is 6.03 Å². The van der Waals surface area contributed by atoms with Gasteiger partial charge in [-0.1, -0.05) is 23.1 Å². The smallest absolute Gasteiger partial charge is 0.321 e. The van der Waals surface area contributed by atoms with E-state index in [1.54, 1.807) is 0 Å². The molecule has 0 spiro atoms. The fraction of sp³-hybridized carbons (Fsp3) is 0.222. The van der Waals surface area contributed by atoms with Crippen molar-refractivity contribution in [3.63, 3.8) is 0 Å². The Bertz CT molecular complexity index is 1120. The summed E-state index contributed by atoms with van der Waals surface area (Å²) in [5.74, 6) is -1.67. The molecule has 0 aliphatic carbocycles. The molecule has 0 saturated carbocycles. The number of carbonyl (C=O) groups is 1. The number of hydrogen-bond donors (Lipinski definition) is 5. The molecule has 3 rings (SSSR count). The summed E-state index contributed by atoms with van der Waals surface area (Å²) in [5.41, 5.74) is 5.88. The minimum atomic E-state index is -0.857. The number of nitrogens with zero attached hydrogens (tertiary/aromatic N) is 3. The Morgan fingerprint density at radius 1 is 1.32 bits per heavy atom. The van der Waals surface area contributed by atoms with Crippen molar-refractivity contribution >= 4 is 34.0 Å². The lowest BCUT2D eigenvalue weighted by Crippen LogP contribution is -2.29. The highest BCUT2D eigenvalue weighted by Crippen LogP contribution is 2.35. The highest BCUT2D eigenvalue weighted by Gasteiger charge is 2.21. The van der Waals surface area contributed by atoms with Gasteiger partial charge in [0.25, 0.3) is 5.89 Å². The van der Waals surface area contributed by atoms with E-state index in [0.717, 1.165) is 17.4 Å². The van der Waals surface area contributed by atoms with E-state index in [1.807, 2.05) is 0 Å². The fourth-order valence-electron chi connectivity index (χ4n) is 2.51. The molecule has 10 nitrogen and oxygen atoms in total. The number of nitrogens with two attached hydrogens (primary N) is 1. The van der Waals surface area contributed by atoms with Gasteiger partial charge in [0, 0.05) is 26.1 Å². The fourth-order valence-corrected chi connectivity index (χ4v) is 3.31. The molecule has 1 aromatic carbocycles. The second kappa shape index (κ2) is 9.38. The third kappa shape index (κ3) is 5.25. The summed E-state index contributed by atoms with van der Waals surface area (Å²) in [5, 5.41) is 20.6. The molecule has 31 heavy (non-hydrogen) atoms. The van der Waals surface area contributed by atoms with Gasteiger partial charge in [0.05, 0.1) is 17.0 Å². The van der Waals surface area contributed by atoms with E-state index in [0.29, 0.717) is 19.4 Å². The number of benzene rings is 1. The van der Waals surface area contributed by atoms with Crippen molar-refractivity contribution in [2.45, 2.75) is 12.8 Å². The van der Waals surface area contributed by atoms with Crippen LogP contribution in [0.4, 0.5) is 30.2 Å². The third-order valence-corrected chi connectivity index (χ3v) is 4.96. The van der Waals surface area contributed by atoms with E-state index in [2.05, 4.69) is 37.7 Å². The minimum Gasteiger partial charge on any atom is -0.513 e. The van der Waals surface area contributed by atoms with Gasteiger partial charge in [0.15, 0.2) is 5.13 Å². The molecule has 164 valence electrons. The van der Waals surface area contributed by atoms with Gasteiger partial charge in [-0.15, -0.1) is 0 Å². The predicted octanol–water partition coefficient (Wildman–Crippen LogP) is 3.74. The molecule has 2 amide bonds. The zero-order chi connectivity index (χ0) is 22.5. The van der Waals surface area contributed by atoms with Gasteiger partial charge in [-0.2, -0.15) is 4.98 Å². The van der Waals surface area contributed by atoms with Crippen LogP contribution in [-0.4, -0.2) is 39.9 Å². The second-order valence-electron chi connectivity index (χ2n) is 6.27. The van der Waals surface area contributed by atoms with Crippen LogP contribution in [0.5, 0.6) is 0 Å². The standard InChI is InChI=1S/C18H19F2N7O3S/c1-8(28)4-3-5-23-17(29)26-18-24-14(21)13(31-18)16-25-15(27-30-16)9-6-12(22-2)11(20)7-10(9)19/h6-7,22,28H,1,3-5,21H2,2H3,(H2,23,24,26,29). The lowest BCUT2D eigenvalue weighted by atomic mass is 10.1. The first-order chi connectivity index (χ1) is 14.8. The Morgan fingerprint density at radius 3 is 2.81 bits per heavy atom. The van der Waals surface area contributed by atoms with E-state index < -0.39 is 17.7 Å². The van der Waals surface area contributed by atoms with Crippen molar-refractivity contribution in [2.75, 3.05) is 30.0 Å². The highest BCUT2D eigenvalue weighted by molar-refractivity contribution is 7.19. The van der Waals surface area contributed by atoms with Crippen LogP contribution in [0.25, 0.3) is 22.2 Å². The third-order valence-electron chi connectivity index (χ3n) is 3.99. The molecule has 2 heterocycles. The van der Waals surface area contributed by atoms with E-state index in [1.165, 1.54) is 13.1 Å². The van der Waals surface area contributed by atoms with E-state index >= 15 is 0 Å². The Hall–Kier alpha value is -3.74. The average molecular weight is 451 g/mol. The van der Waals surface area contributed by atoms with Crippen LogP contribution in [0, 0.1) is 11.6 Å². The van der Waals surface area contributed by atoms with Gasteiger partial charge in [-0.25, -0.2) is 18.6 Å². The first-order valence-corrected chi connectivity index (χ1v) is 9.79. The number of amides is 2. The summed E-state index contributed by atoms with van der Waals surface area (Å²) in [6.07, 6.45) is 0.895. The molecule has 0 unspecified atom stereocenters. The Balaban J connectivity index is 1.73. The molecule has 0 aliphatic heterocycles. The SMILES string of the molecule is C=C(O)CCCNC(=O)Nc1nc(N)c(-c2nc(-c3cc(NC)c(F)cc3F)no2)s1. The van der Waals surface area contributed by atoms with Crippen molar-refractivity contribution in [3.8, 4) is 22.2 Å². The molecule has 0 saturated heterocycles. The summed E-state index contributed by atoms with van der Waals surface area (Å²) >= 11 is 0.983. The maximum absolute atomic E-state index is 14.2. The topological polar surface area (TPSA) is 151 Å². The number of allylic oxidation sites excluding steroid dienone is 1. The number of aliphatic hydroxyl groups is 1. The van der Waals surface area contributed by atoms with Gasteiger partial charge in [0.2, 0.25) is 5.82 Å². The van der Waals surface area contributed by atoms with Gasteiger partial charge < -0.3 is 26.0 Å². The van der Waals surface area contributed by atoms with Crippen LogP contribution in [0.1, 0.15) is 12.8 Å². The number of aromatic nitrogens is 3. The molecule has 0 atom stereocenters. The maximum Gasteiger partial charge on any atom is 0.321 e. The molecule has 0 bridgehead atoms. The van der Waals surface area contributed by atoms with Gasteiger partial charge in [0.1, 0.15) is 22.3 Å². The number of aliphatic hydroxyl groups excluding tert-OH is 1. The normalized spacial score (nSPS) is 10.7. The van der Waals surface area contributed by atoms with E-state index in [4.69, 9.17) is 15.4 Å². The number of nitrogens with one attached hydrogen (secondary N) is 3. The summed E-state index contributed by atoms with van der Waals surface area (Å²) in [7, 11) is 1.49. The molecule has 0 radical (unpaired) electrons. The largest absolute Gasteiger partial charge is 0.513 e. The van der Waals surface area contributed by atoms with E-state index in [-0.39, 0.29) is 44.6 Å². The quantitative estimate of drug-likeness (QED) is 0.257. The molecule has 2 aromatic heterocycles. The van der Waals surface area contributed by atoms with Crippen molar-refractivity contribution in [2.24, 2.45) is 0 Å². The monoisotopic (exact) mass is 451 g/mol. The van der Waals surface area contributed by atoms with Gasteiger partial charge in [-0.05, 0) is 12.5 Å². The Morgan fingerprint density at radius 2 is 2.10 bits per heavy atom. The van der Waals surface area contributed by atoms with Crippen LogP contribution in [0.15, 0.2) is 29.0 Å². The van der Waals surface area contributed by atoms with Crippen LogP contribution < -0.4 is 21.7 Å². The highest BCUT2D eigenvalue weighted by atomic mass is 32.1.